The maximum atomic E-state index is 11.0. The van der Waals surface area contributed by atoms with Crippen LogP contribution in [0, 0.1) is 0 Å². The minimum absolute atomic E-state index is 0.0782. The highest BCUT2D eigenvalue weighted by Gasteiger charge is 2.08. The van der Waals surface area contributed by atoms with Gasteiger partial charge in [-0.2, -0.15) is 0 Å². The van der Waals surface area contributed by atoms with Crippen molar-refractivity contribution in [1.29, 1.82) is 0 Å². The van der Waals surface area contributed by atoms with E-state index in [1.807, 2.05) is 30.3 Å². The third-order valence-corrected chi connectivity index (χ3v) is 4.93. The fraction of sp³-hybridized carbons (Fsp3) is 0.0952. The Bertz CT molecular complexity index is 991. The van der Waals surface area contributed by atoms with Gasteiger partial charge in [-0.3, -0.25) is 0 Å². The van der Waals surface area contributed by atoms with Gasteiger partial charge >= 0.3 is 5.97 Å². The van der Waals surface area contributed by atoms with Gasteiger partial charge < -0.3 is 15.2 Å². The van der Waals surface area contributed by atoms with E-state index in [4.69, 9.17) is 44.6 Å². The molecule has 7 heteroatoms. The van der Waals surface area contributed by atoms with E-state index in [2.05, 4.69) is 5.32 Å². The first-order chi connectivity index (χ1) is 13.4. The van der Waals surface area contributed by atoms with Crippen LogP contribution in [0.2, 0.25) is 15.1 Å². The molecule has 0 unspecified atom stereocenters. The summed E-state index contributed by atoms with van der Waals surface area (Å²) in [6.45, 7) is 0.911. The van der Waals surface area contributed by atoms with Crippen LogP contribution in [0.15, 0.2) is 60.7 Å². The molecule has 0 aliphatic rings. The van der Waals surface area contributed by atoms with Gasteiger partial charge in [-0.15, -0.1) is 0 Å². The zero-order valence-corrected chi connectivity index (χ0v) is 16.9. The van der Waals surface area contributed by atoms with Crippen molar-refractivity contribution < 1.29 is 14.6 Å². The second kappa shape index (κ2) is 9.20. The van der Waals surface area contributed by atoms with E-state index in [-0.39, 0.29) is 10.6 Å². The molecule has 144 valence electrons. The molecule has 0 saturated carbocycles. The molecule has 0 aliphatic carbocycles. The number of carboxylic acid groups (broad SMARTS) is 1. The van der Waals surface area contributed by atoms with Crippen LogP contribution in [0.1, 0.15) is 21.5 Å². The van der Waals surface area contributed by atoms with Crippen molar-refractivity contribution in [3.63, 3.8) is 0 Å². The molecule has 0 bridgehead atoms. The molecule has 2 N–H and O–H groups in total. The highest BCUT2D eigenvalue weighted by atomic mass is 35.5. The molecule has 3 aromatic rings. The monoisotopic (exact) mass is 435 g/mol. The van der Waals surface area contributed by atoms with Crippen molar-refractivity contribution in [1.82, 2.24) is 0 Å². The quantitative estimate of drug-likeness (QED) is 0.442. The van der Waals surface area contributed by atoms with Crippen LogP contribution in [0.4, 0.5) is 5.69 Å². The van der Waals surface area contributed by atoms with Gasteiger partial charge in [0.1, 0.15) is 12.4 Å². The van der Waals surface area contributed by atoms with E-state index in [0.29, 0.717) is 23.2 Å². The predicted molar refractivity (Wildman–Crippen MR) is 113 cm³/mol. The highest BCUT2D eigenvalue weighted by molar-refractivity contribution is 6.35. The Labute approximate surface area is 177 Å². The van der Waals surface area contributed by atoms with E-state index < -0.39 is 5.97 Å². The van der Waals surface area contributed by atoms with Gasteiger partial charge in [0.05, 0.1) is 10.6 Å². The fourth-order valence-corrected chi connectivity index (χ4v) is 3.23. The van der Waals surface area contributed by atoms with Crippen molar-refractivity contribution in [2.24, 2.45) is 0 Å². The summed E-state index contributed by atoms with van der Waals surface area (Å²) in [5.74, 6) is -0.323. The predicted octanol–water partition coefficient (Wildman–Crippen LogP) is 6.54. The van der Waals surface area contributed by atoms with Crippen molar-refractivity contribution in [2.75, 3.05) is 5.32 Å². The van der Waals surface area contributed by atoms with Gasteiger partial charge in [-0.05, 0) is 48.0 Å². The Morgan fingerprint density at radius 3 is 2.32 bits per heavy atom. The minimum atomic E-state index is -1.05. The maximum absolute atomic E-state index is 11.0. The van der Waals surface area contributed by atoms with E-state index in [9.17, 15) is 4.79 Å². The minimum Gasteiger partial charge on any atom is -0.489 e. The second-order valence-corrected chi connectivity index (χ2v) is 7.27. The summed E-state index contributed by atoms with van der Waals surface area (Å²) in [6, 6.07) is 17.7. The van der Waals surface area contributed by atoms with Crippen LogP contribution in [0.3, 0.4) is 0 Å². The Morgan fingerprint density at radius 1 is 0.929 bits per heavy atom. The molecule has 0 aliphatic heterocycles. The first-order valence-corrected chi connectivity index (χ1v) is 9.48. The number of hydrogen-bond acceptors (Lipinski definition) is 3. The fourth-order valence-electron chi connectivity index (χ4n) is 2.51. The number of ether oxygens (including phenoxy) is 1. The molecule has 0 heterocycles. The third-order valence-electron chi connectivity index (χ3n) is 4.03. The maximum Gasteiger partial charge on any atom is 0.337 e. The molecular formula is C21H16Cl3NO3. The number of halogens is 3. The SMILES string of the molecule is O=C(O)c1ccc(NCc2ccc(OCc3ccc(Cl)cc3Cl)cc2)cc1Cl. The zero-order valence-electron chi connectivity index (χ0n) is 14.6. The molecular weight excluding hydrogens is 421 g/mol. The zero-order chi connectivity index (χ0) is 20.1. The van der Waals surface area contributed by atoms with Gasteiger partial charge in [0, 0.05) is 27.8 Å². The standard InChI is InChI=1S/C21H16Cl3NO3/c22-15-4-3-14(19(23)9-15)12-28-17-6-1-13(2-7-17)11-25-16-5-8-18(21(26)27)20(24)10-16/h1-10,25H,11-12H2,(H,26,27). The smallest absolute Gasteiger partial charge is 0.337 e. The summed E-state index contributed by atoms with van der Waals surface area (Å²) in [4.78, 5) is 11.0. The Hall–Kier alpha value is -2.40. The molecule has 0 radical (unpaired) electrons. The number of benzene rings is 3. The van der Waals surface area contributed by atoms with E-state index in [1.165, 1.54) is 6.07 Å². The van der Waals surface area contributed by atoms with Crippen LogP contribution in [-0.2, 0) is 13.2 Å². The third kappa shape index (κ3) is 5.32. The molecule has 3 rings (SSSR count). The molecule has 28 heavy (non-hydrogen) atoms. The van der Waals surface area contributed by atoms with Gasteiger partial charge in [-0.1, -0.05) is 53.0 Å². The number of anilines is 1. The van der Waals surface area contributed by atoms with Crippen LogP contribution in [0.5, 0.6) is 5.75 Å². The number of carboxylic acids is 1. The number of rotatable bonds is 7. The molecule has 0 atom stereocenters. The summed E-state index contributed by atoms with van der Waals surface area (Å²) < 4.78 is 5.76. The lowest BCUT2D eigenvalue weighted by molar-refractivity contribution is 0.0697. The summed E-state index contributed by atoms with van der Waals surface area (Å²) in [6.07, 6.45) is 0. The summed E-state index contributed by atoms with van der Waals surface area (Å²) in [7, 11) is 0. The average Bonchev–Trinajstić information content (AvgIpc) is 2.66. The number of hydrogen-bond donors (Lipinski definition) is 2. The van der Waals surface area contributed by atoms with Crippen LogP contribution < -0.4 is 10.1 Å². The number of aromatic carboxylic acids is 1. The van der Waals surface area contributed by atoms with Gasteiger partial charge in [0.25, 0.3) is 0 Å². The largest absolute Gasteiger partial charge is 0.489 e. The first kappa shape index (κ1) is 20.3. The Balaban J connectivity index is 1.55. The van der Waals surface area contributed by atoms with Crippen molar-refractivity contribution in [3.05, 3.63) is 92.4 Å². The lowest BCUT2D eigenvalue weighted by Crippen LogP contribution is -2.02. The van der Waals surface area contributed by atoms with Gasteiger partial charge in [0.2, 0.25) is 0 Å². The lowest BCUT2D eigenvalue weighted by Gasteiger charge is -2.10. The van der Waals surface area contributed by atoms with Crippen LogP contribution >= 0.6 is 34.8 Å². The molecule has 0 fully saturated rings. The lowest BCUT2D eigenvalue weighted by atomic mass is 10.2. The van der Waals surface area contributed by atoms with Crippen LogP contribution in [0.25, 0.3) is 0 Å². The number of nitrogens with one attached hydrogen (secondary N) is 1. The summed E-state index contributed by atoms with van der Waals surface area (Å²) >= 11 is 18.0. The van der Waals surface area contributed by atoms with Crippen LogP contribution in [-0.4, -0.2) is 11.1 Å². The molecule has 0 aromatic heterocycles. The van der Waals surface area contributed by atoms with Crippen molar-refractivity contribution in [3.8, 4) is 5.75 Å². The van der Waals surface area contributed by atoms with Crippen molar-refractivity contribution >= 4 is 46.5 Å². The Kier molecular flexibility index (Phi) is 6.68. The van der Waals surface area contributed by atoms with Crippen molar-refractivity contribution in [2.45, 2.75) is 13.2 Å². The normalized spacial score (nSPS) is 10.5. The van der Waals surface area contributed by atoms with E-state index in [0.717, 1.165) is 22.6 Å². The first-order valence-electron chi connectivity index (χ1n) is 8.35. The highest BCUT2D eigenvalue weighted by Crippen LogP contribution is 2.24. The topological polar surface area (TPSA) is 58.6 Å². The summed E-state index contributed by atoms with van der Waals surface area (Å²) in [5, 5.41) is 13.6. The summed E-state index contributed by atoms with van der Waals surface area (Å²) in [5.41, 5.74) is 2.72. The van der Waals surface area contributed by atoms with E-state index in [1.54, 1.807) is 24.3 Å². The Morgan fingerprint density at radius 2 is 1.68 bits per heavy atom. The molecule has 0 saturated heterocycles. The van der Waals surface area contributed by atoms with Gasteiger partial charge in [0.15, 0.2) is 0 Å². The number of carbonyl (C=O) groups is 1. The van der Waals surface area contributed by atoms with Gasteiger partial charge in [-0.25, -0.2) is 4.79 Å². The second-order valence-electron chi connectivity index (χ2n) is 6.02. The molecule has 4 nitrogen and oxygen atoms in total. The van der Waals surface area contributed by atoms with E-state index >= 15 is 0 Å². The molecule has 3 aromatic carbocycles. The molecule has 0 spiro atoms. The average molecular weight is 437 g/mol. The molecule has 0 amide bonds.